The van der Waals surface area contributed by atoms with E-state index in [9.17, 15) is 4.79 Å². The third-order valence-corrected chi connectivity index (χ3v) is 4.95. The predicted molar refractivity (Wildman–Crippen MR) is 92.2 cm³/mol. The molecule has 1 amide bonds. The van der Waals surface area contributed by atoms with Gasteiger partial charge in [0.05, 0.1) is 10.7 Å². The van der Waals surface area contributed by atoms with E-state index in [0.717, 1.165) is 22.9 Å². The Balaban J connectivity index is 2.16. The van der Waals surface area contributed by atoms with Crippen LogP contribution in [-0.4, -0.2) is 11.9 Å². The summed E-state index contributed by atoms with van der Waals surface area (Å²) in [6.45, 7) is 6.39. The number of halogens is 1. The van der Waals surface area contributed by atoms with Gasteiger partial charge >= 0.3 is 0 Å². The SMILES string of the molecule is CC(C)CCC(C)NC(=O)c1sc2cccc(Cl)c2c1N. The number of hydrogen-bond acceptors (Lipinski definition) is 3. The van der Waals surface area contributed by atoms with E-state index in [4.69, 9.17) is 17.3 Å². The number of fused-ring (bicyclic) bond motifs is 1. The van der Waals surface area contributed by atoms with Crippen molar-refractivity contribution in [1.82, 2.24) is 5.32 Å². The van der Waals surface area contributed by atoms with Crippen molar-refractivity contribution in [3.8, 4) is 0 Å². The van der Waals surface area contributed by atoms with E-state index in [-0.39, 0.29) is 11.9 Å². The third-order valence-electron chi connectivity index (χ3n) is 3.46. The first kappa shape index (κ1) is 16.1. The highest BCUT2D eigenvalue weighted by Gasteiger charge is 2.19. The first-order chi connectivity index (χ1) is 9.90. The zero-order valence-electron chi connectivity index (χ0n) is 12.6. The molecule has 0 aliphatic heterocycles. The lowest BCUT2D eigenvalue weighted by Crippen LogP contribution is -2.32. The fraction of sp³-hybridized carbons (Fsp3) is 0.438. The van der Waals surface area contributed by atoms with Gasteiger partial charge in [-0.15, -0.1) is 11.3 Å². The number of nitrogens with one attached hydrogen (secondary N) is 1. The van der Waals surface area contributed by atoms with Gasteiger partial charge < -0.3 is 11.1 Å². The molecule has 114 valence electrons. The van der Waals surface area contributed by atoms with E-state index in [1.165, 1.54) is 11.3 Å². The number of hydrogen-bond donors (Lipinski definition) is 2. The standard InChI is InChI=1S/C16H21ClN2OS/c1-9(2)7-8-10(3)19-16(20)15-14(18)13-11(17)5-4-6-12(13)21-15/h4-6,9-10H,7-8,18H2,1-3H3,(H,19,20). The van der Waals surface area contributed by atoms with Gasteiger partial charge in [-0.3, -0.25) is 4.79 Å². The number of nitrogen functional groups attached to an aromatic ring is 1. The van der Waals surface area contributed by atoms with Crippen LogP contribution in [0.3, 0.4) is 0 Å². The average Bonchev–Trinajstić information content (AvgIpc) is 2.75. The second-order valence-electron chi connectivity index (χ2n) is 5.80. The van der Waals surface area contributed by atoms with Crippen molar-refractivity contribution in [3.63, 3.8) is 0 Å². The summed E-state index contributed by atoms with van der Waals surface area (Å²) in [6, 6.07) is 5.73. The highest BCUT2D eigenvalue weighted by Crippen LogP contribution is 2.37. The quantitative estimate of drug-likeness (QED) is 0.838. The summed E-state index contributed by atoms with van der Waals surface area (Å²) in [4.78, 5) is 12.9. The Bertz CT molecular complexity index is 651. The number of anilines is 1. The number of amides is 1. The topological polar surface area (TPSA) is 55.1 Å². The molecule has 1 heterocycles. The van der Waals surface area contributed by atoms with Crippen LogP contribution in [0.4, 0.5) is 5.69 Å². The Labute approximate surface area is 134 Å². The third kappa shape index (κ3) is 3.69. The van der Waals surface area contributed by atoms with Gasteiger partial charge in [0, 0.05) is 16.1 Å². The van der Waals surface area contributed by atoms with Gasteiger partial charge in [-0.05, 0) is 37.8 Å². The second-order valence-corrected chi connectivity index (χ2v) is 7.26. The van der Waals surface area contributed by atoms with Crippen molar-refractivity contribution >= 4 is 44.6 Å². The summed E-state index contributed by atoms with van der Waals surface area (Å²) in [7, 11) is 0. The minimum atomic E-state index is -0.110. The van der Waals surface area contributed by atoms with Crippen LogP contribution in [-0.2, 0) is 0 Å². The highest BCUT2D eigenvalue weighted by atomic mass is 35.5. The van der Waals surface area contributed by atoms with E-state index in [0.29, 0.717) is 21.5 Å². The second kappa shape index (κ2) is 6.67. The van der Waals surface area contributed by atoms with Gasteiger partial charge in [0.2, 0.25) is 0 Å². The zero-order chi connectivity index (χ0) is 15.6. The Kier molecular flexibility index (Phi) is 5.12. The summed E-state index contributed by atoms with van der Waals surface area (Å²) >= 11 is 7.56. The van der Waals surface area contributed by atoms with Crippen molar-refractivity contribution in [2.24, 2.45) is 5.92 Å². The molecule has 0 spiro atoms. The first-order valence-electron chi connectivity index (χ1n) is 7.17. The van der Waals surface area contributed by atoms with Gasteiger partial charge in [0.1, 0.15) is 4.88 Å². The van der Waals surface area contributed by atoms with Gasteiger partial charge in [-0.25, -0.2) is 0 Å². The number of benzene rings is 1. The van der Waals surface area contributed by atoms with E-state index in [2.05, 4.69) is 19.2 Å². The molecular formula is C16H21ClN2OS. The summed E-state index contributed by atoms with van der Waals surface area (Å²) in [5.74, 6) is 0.526. The smallest absolute Gasteiger partial charge is 0.263 e. The zero-order valence-corrected chi connectivity index (χ0v) is 14.1. The summed E-state index contributed by atoms with van der Waals surface area (Å²) in [5.41, 5.74) is 6.58. The average molecular weight is 325 g/mol. The molecule has 0 radical (unpaired) electrons. The normalized spacial score (nSPS) is 12.8. The Morgan fingerprint density at radius 3 is 2.67 bits per heavy atom. The summed E-state index contributed by atoms with van der Waals surface area (Å²) < 4.78 is 0.944. The van der Waals surface area contributed by atoms with Crippen LogP contribution >= 0.6 is 22.9 Å². The molecule has 0 aliphatic rings. The lowest BCUT2D eigenvalue weighted by molar-refractivity contribution is 0.0942. The predicted octanol–water partition coefficient (Wildman–Crippen LogP) is 4.69. The van der Waals surface area contributed by atoms with Crippen LogP contribution < -0.4 is 11.1 Å². The van der Waals surface area contributed by atoms with Gasteiger partial charge in [-0.1, -0.05) is 31.5 Å². The van der Waals surface area contributed by atoms with Crippen LogP contribution in [0.25, 0.3) is 10.1 Å². The van der Waals surface area contributed by atoms with Gasteiger partial charge in [0.15, 0.2) is 0 Å². The Morgan fingerprint density at radius 2 is 2.05 bits per heavy atom. The van der Waals surface area contributed by atoms with Crippen LogP contribution in [0.1, 0.15) is 43.3 Å². The molecule has 2 aromatic rings. The van der Waals surface area contributed by atoms with E-state index in [1.807, 2.05) is 19.1 Å². The molecule has 0 bridgehead atoms. The monoisotopic (exact) mass is 324 g/mol. The maximum Gasteiger partial charge on any atom is 0.263 e. The van der Waals surface area contributed by atoms with Crippen LogP contribution in [0.5, 0.6) is 0 Å². The molecule has 5 heteroatoms. The van der Waals surface area contributed by atoms with Crippen molar-refractivity contribution in [1.29, 1.82) is 0 Å². The molecule has 1 aromatic carbocycles. The molecule has 0 aliphatic carbocycles. The largest absolute Gasteiger partial charge is 0.397 e. The van der Waals surface area contributed by atoms with Gasteiger partial charge in [-0.2, -0.15) is 0 Å². The minimum absolute atomic E-state index is 0.110. The maximum atomic E-state index is 12.4. The molecule has 1 unspecified atom stereocenters. The summed E-state index contributed by atoms with van der Waals surface area (Å²) in [5, 5.41) is 4.39. The van der Waals surface area contributed by atoms with E-state index in [1.54, 1.807) is 6.07 Å². The number of carbonyl (C=O) groups is 1. The number of nitrogens with two attached hydrogens (primary N) is 1. The van der Waals surface area contributed by atoms with Crippen LogP contribution in [0, 0.1) is 5.92 Å². The molecule has 0 saturated carbocycles. The van der Waals surface area contributed by atoms with Crippen molar-refractivity contribution in [3.05, 3.63) is 28.1 Å². The molecule has 0 saturated heterocycles. The lowest BCUT2D eigenvalue weighted by Gasteiger charge is -2.14. The number of rotatable bonds is 5. The molecule has 3 N–H and O–H groups in total. The molecule has 3 nitrogen and oxygen atoms in total. The Hall–Kier alpha value is -1.26. The highest BCUT2D eigenvalue weighted by molar-refractivity contribution is 7.21. The maximum absolute atomic E-state index is 12.4. The van der Waals surface area contributed by atoms with Gasteiger partial charge in [0.25, 0.3) is 5.91 Å². The van der Waals surface area contributed by atoms with Crippen molar-refractivity contribution in [2.45, 2.75) is 39.7 Å². The molecule has 21 heavy (non-hydrogen) atoms. The molecule has 0 fully saturated rings. The fourth-order valence-corrected chi connectivity index (χ4v) is 3.63. The minimum Gasteiger partial charge on any atom is -0.397 e. The summed E-state index contributed by atoms with van der Waals surface area (Å²) in [6.07, 6.45) is 2.06. The van der Waals surface area contributed by atoms with Crippen LogP contribution in [0.15, 0.2) is 18.2 Å². The lowest BCUT2D eigenvalue weighted by atomic mass is 10.0. The van der Waals surface area contributed by atoms with Crippen molar-refractivity contribution in [2.75, 3.05) is 5.73 Å². The number of carbonyl (C=O) groups excluding carboxylic acids is 1. The first-order valence-corrected chi connectivity index (χ1v) is 8.37. The molecular weight excluding hydrogens is 304 g/mol. The van der Waals surface area contributed by atoms with Crippen LogP contribution in [0.2, 0.25) is 5.02 Å². The molecule has 1 atom stereocenters. The van der Waals surface area contributed by atoms with E-state index >= 15 is 0 Å². The van der Waals surface area contributed by atoms with E-state index < -0.39 is 0 Å². The molecule has 2 rings (SSSR count). The molecule has 1 aromatic heterocycles. The van der Waals surface area contributed by atoms with Crippen molar-refractivity contribution < 1.29 is 4.79 Å². The Morgan fingerprint density at radius 1 is 1.33 bits per heavy atom. The fourth-order valence-electron chi connectivity index (χ4n) is 2.24. The number of thiophene rings is 1.